The predicted molar refractivity (Wildman–Crippen MR) is 276 cm³/mol. The van der Waals surface area contributed by atoms with Crippen LogP contribution in [-0.4, -0.2) is 15.2 Å². The Hall–Kier alpha value is -7.21. The van der Waals surface area contributed by atoms with Gasteiger partial charge in [0, 0.05) is 38.3 Å². The lowest BCUT2D eigenvalue weighted by Crippen LogP contribution is -2.22. The molecule has 6 aromatic carbocycles. The van der Waals surface area contributed by atoms with Crippen molar-refractivity contribution in [1.29, 1.82) is 0 Å². The Labute approximate surface area is 381 Å². The highest BCUT2D eigenvalue weighted by Crippen LogP contribution is 2.52. The molecule has 2 bridgehead atoms. The molecule has 12 rings (SSSR count). The molecule has 2 aromatic heterocycles. The zero-order chi connectivity index (χ0) is 44.2. The van der Waals surface area contributed by atoms with Gasteiger partial charge in [0.15, 0.2) is 5.58 Å². The van der Waals surface area contributed by atoms with Gasteiger partial charge in [-0.3, -0.25) is 4.90 Å². The van der Waals surface area contributed by atoms with Crippen LogP contribution in [0.5, 0.6) is 0 Å². The lowest BCUT2D eigenvalue weighted by molar-refractivity contribution is 0.667. The molecule has 0 radical (unpaired) electrons. The summed E-state index contributed by atoms with van der Waals surface area (Å²) in [5, 5.41) is 3.44. The van der Waals surface area contributed by atoms with Crippen LogP contribution in [0.15, 0.2) is 205 Å². The van der Waals surface area contributed by atoms with Crippen molar-refractivity contribution >= 4 is 78.6 Å². The van der Waals surface area contributed by atoms with Gasteiger partial charge in [-0.1, -0.05) is 173 Å². The van der Waals surface area contributed by atoms with Crippen LogP contribution in [0.3, 0.4) is 0 Å². The van der Waals surface area contributed by atoms with Gasteiger partial charge in [0.1, 0.15) is 5.58 Å². The number of para-hydroxylation sites is 3. The molecule has 1 atom stereocenters. The van der Waals surface area contributed by atoms with Crippen molar-refractivity contribution in [2.45, 2.75) is 50.7 Å². The normalized spacial score (nSPS) is 15.3. The minimum absolute atomic E-state index is 0.265. The van der Waals surface area contributed by atoms with Crippen LogP contribution in [0.2, 0.25) is 0 Å². The van der Waals surface area contributed by atoms with E-state index < -0.39 is 0 Å². The third-order valence-electron chi connectivity index (χ3n) is 11.7. The van der Waals surface area contributed by atoms with E-state index in [9.17, 15) is 0 Å². The first-order chi connectivity index (χ1) is 31.7. The largest absolute Gasteiger partial charge is 0.454 e. The molecule has 0 amide bonds. The van der Waals surface area contributed by atoms with Gasteiger partial charge < -0.3 is 4.42 Å². The van der Waals surface area contributed by atoms with Crippen LogP contribution in [-0.2, 0) is 6.42 Å². The van der Waals surface area contributed by atoms with Crippen molar-refractivity contribution in [3.8, 4) is 11.3 Å². The summed E-state index contributed by atoms with van der Waals surface area (Å²) in [6, 6.07) is 45.3. The van der Waals surface area contributed by atoms with E-state index in [0.717, 1.165) is 68.3 Å². The highest BCUT2D eigenvalue weighted by Gasteiger charge is 2.34. The van der Waals surface area contributed by atoms with Gasteiger partial charge in [-0.15, -0.1) is 24.9 Å². The molecule has 5 heteroatoms. The number of anilines is 3. The Bertz CT molecular complexity index is 3230. The van der Waals surface area contributed by atoms with Gasteiger partial charge in [-0.05, 0) is 87.4 Å². The molecule has 314 valence electrons. The van der Waals surface area contributed by atoms with Crippen LogP contribution >= 0.6 is 11.8 Å². The molecule has 0 saturated carbocycles. The lowest BCUT2D eigenvalue weighted by atomic mass is 9.86. The van der Waals surface area contributed by atoms with Gasteiger partial charge in [-0.25, -0.2) is 9.97 Å². The SMILES string of the molecule is C1=CCC=CC(c2ccc(-c3nc(N4c5ccccc5Cc5c(C6=CC7=CC(C=C6)Sc6ccccc67)cc6c(oc7ccccc76)c54)nc4ccccc34)cc2)=C1.C=C.CC.CC. The molecule has 2 aliphatic heterocycles. The van der Waals surface area contributed by atoms with E-state index in [0.29, 0.717) is 5.95 Å². The van der Waals surface area contributed by atoms with Gasteiger partial charge >= 0.3 is 0 Å². The second kappa shape index (κ2) is 18.6. The summed E-state index contributed by atoms with van der Waals surface area (Å²) in [4.78, 5) is 14.5. The summed E-state index contributed by atoms with van der Waals surface area (Å²) in [6.07, 6.45) is 22.0. The summed E-state index contributed by atoms with van der Waals surface area (Å²) in [6.45, 7) is 14.0. The average molecular weight is 850 g/mol. The summed E-state index contributed by atoms with van der Waals surface area (Å²) < 4.78 is 6.92. The highest BCUT2D eigenvalue weighted by molar-refractivity contribution is 8.00. The Balaban J connectivity index is 0.000000831. The maximum Gasteiger partial charge on any atom is 0.235 e. The third kappa shape index (κ3) is 7.56. The number of hydrogen-bond donors (Lipinski definition) is 0. The number of furan rings is 1. The minimum atomic E-state index is 0.265. The highest BCUT2D eigenvalue weighted by atomic mass is 32.2. The van der Waals surface area contributed by atoms with E-state index in [4.69, 9.17) is 14.4 Å². The second-order valence-electron chi connectivity index (χ2n) is 15.2. The molecule has 1 unspecified atom stereocenters. The Morgan fingerprint density at radius 1 is 0.672 bits per heavy atom. The number of rotatable bonds is 4. The molecule has 2 aliphatic carbocycles. The molecule has 4 heterocycles. The number of aromatic nitrogens is 2. The van der Waals surface area contributed by atoms with Crippen molar-refractivity contribution in [2.24, 2.45) is 0 Å². The molecular weight excluding hydrogens is 799 g/mol. The number of hydrogen-bond acceptors (Lipinski definition) is 5. The first-order valence-electron chi connectivity index (χ1n) is 22.4. The van der Waals surface area contributed by atoms with Crippen molar-refractivity contribution in [3.05, 3.63) is 223 Å². The summed E-state index contributed by atoms with van der Waals surface area (Å²) in [5.74, 6) is 0.610. The maximum absolute atomic E-state index is 6.92. The maximum atomic E-state index is 6.92. The summed E-state index contributed by atoms with van der Waals surface area (Å²) >= 11 is 1.91. The fourth-order valence-corrected chi connectivity index (χ4v) is 10.1. The van der Waals surface area contributed by atoms with Crippen LogP contribution in [0.25, 0.3) is 60.8 Å². The van der Waals surface area contributed by atoms with Crippen LogP contribution in [0.1, 0.15) is 61.9 Å². The Morgan fingerprint density at radius 2 is 1.41 bits per heavy atom. The van der Waals surface area contributed by atoms with E-state index >= 15 is 0 Å². The number of fused-ring (bicyclic) bond motifs is 10. The molecular formula is C59H51N3OS. The first-order valence-corrected chi connectivity index (χ1v) is 23.3. The molecule has 0 N–H and O–H groups in total. The van der Waals surface area contributed by atoms with E-state index in [1.807, 2.05) is 45.5 Å². The van der Waals surface area contributed by atoms with Crippen LogP contribution in [0.4, 0.5) is 17.3 Å². The minimum Gasteiger partial charge on any atom is -0.454 e. The van der Waals surface area contributed by atoms with Crippen molar-refractivity contribution in [3.63, 3.8) is 0 Å². The van der Waals surface area contributed by atoms with Gasteiger partial charge in [-0.2, -0.15) is 0 Å². The van der Waals surface area contributed by atoms with Crippen molar-refractivity contribution in [2.75, 3.05) is 4.90 Å². The van der Waals surface area contributed by atoms with Crippen LogP contribution < -0.4 is 4.90 Å². The predicted octanol–water partition coefficient (Wildman–Crippen LogP) is 16.8. The Morgan fingerprint density at radius 3 is 2.27 bits per heavy atom. The first kappa shape index (κ1) is 42.1. The molecule has 4 nitrogen and oxygen atoms in total. The molecule has 4 aliphatic rings. The van der Waals surface area contributed by atoms with Crippen LogP contribution in [0, 0.1) is 0 Å². The number of nitrogens with zero attached hydrogens (tertiary/aromatic N) is 3. The summed E-state index contributed by atoms with van der Waals surface area (Å²) in [5.41, 5.74) is 16.3. The van der Waals surface area contributed by atoms with Gasteiger partial charge in [0.2, 0.25) is 5.95 Å². The molecule has 64 heavy (non-hydrogen) atoms. The number of benzene rings is 6. The number of thioether (sulfide) groups is 1. The van der Waals surface area contributed by atoms with Crippen molar-refractivity contribution < 1.29 is 4.42 Å². The average Bonchev–Trinajstić information content (AvgIpc) is 3.47. The molecule has 0 spiro atoms. The van der Waals surface area contributed by atoms with E-state index in [2.05, 4.69) is 194 Å². The molecule has 0 fully saturated rings. The fourth-order valence-electron chi connectivity index (χ4n) is 8.99. The third-order valence-corrected chi connectivity index (χ3v) is 12.9. The fraction of sp³-hybridized carbons (Fsp3) is 0.119. The van der Waals surface area contributed by atoms with E-state index in [-0.39, 0.29) is 5.25 Å². The van der Waals surface area contributed by atoms with Gasteiger partial charge in [0.25, 0.3) is 0 Å². The smallest absolute Gasteiger partial charge is 0.235 e. The zero-order valence-corrected chi connectivity index (χ0v) is 37.7. The summed E-state index contributed by atoms with van der Waals surface area (Å²) in [7, 11) is 0. The molecule has 0 saturated heterocycles. The quantitative estimate of drug-likeness (QED) is 0.165. The second-order valence-corrected chi connectivity index (χ2v) is 16.4. The monoisotopic (exact) mass is 849 g/mol. The lowest BCUT2D eigenvalue weighted by Gasteiger charge is -2.33. The zero-order valence-electron chi connectivity index (χ0n) is 36.9. The van der Waals surface area contributed by atoms with E-state index in [1.165, 1.54) is 49.4 Å². The Kier molecular flexibility index (Phi) is 12.3. The van der Waals surface area contributed by atoms with Gasteiger partial charge in [0.05, 0.1) is 22.6 Å². The topological polar surface area (TPSA) is 42.2 Å². The number of allylic oxidation sites excluding steroid dienone is 10. The standard InChI is InChI=1S/C53H35N3OS.2C2H6.C2H4/c1-2-4-14-33(13-3-1)34-23-25-35(26-24-34)50-42-18-6-9-19-46(42)54-53(55-50)56-47-20-10-5-15-37(47)31-44-43(32-45-41-17-7-11-21-48(41)57-52(45)51(44)56)36-27-28-39-30-38(29-36)40-16-8-12-22-49(40)58-39;3*1-2/h1,3-30,32,39H,2,31H2;2*1-2H3;1-2H2. The van der Waals surface area contributed by atoms with Crippen molar-refractivity contribution in [1.82, 2.24) is 9.97 Å². The van der Waals surface area contributed by atoms with E-state index in [1.54, 1.807) is 0 Å². The molecule has 8 aromatic rings.